The standard InChI is InChI=1S/C6H6O6S2.ClH.2K.2H/c7-13(8,9)5-2-1-3-6(4-5)14(10,11)12;;;;;/h1-4H,(H,7,8,9)(H,10,11,12);1H;;;;. The summed E-state index contributed by atoms with van der Waals surface area (Å²) in [4.78, 5) is -1.18. The molecule has 0 saturated heterocycles. The van der Waals surface area contributed by atoms with Crippen molar-refractivity contribution < 1.29 is 25.9 Å². The first-order chi connectivity index (χ1) is 6.21. The van der Waals surface area contributed by atoms with Gasteiger partial charge in [-0.15, -0.1) is 12.4 Å². The second-order valence-corrected chi connectivity index (χ2v) is 5.27. The van der Waals surface area contributed by atoms with Crippen LogP contribution in [-0.2, 0) is 20.2 Å². The molecule has 11 heteroatoms. The molecule has 0 aliphatic carbocycles. The monoisotopic (exact) mass is 354 g/mol. The minimum atomic E-state index is -4.46. The first-order valence-electron chi connectivity index (χ1n) is 3.26. The summed E-state index contributed by atoms with van der Waals surface area (Å²) in [5.74, 6) is 0. The number of benzene rings is 1. The van der Waals surface area contributed by atoms with Crippen LogP contribution < -0.4 is 0 Å². The van der Waals surface area contributed by atoms with E-state index in [1.165, 1.54) is 0 Å². The van der Waals surface area contributed by atoms with Gasteiger partial charge in [0.05, 0.1) is 9.79 Å². The van der Waals surface area contributed by atoms with E-state index in [0.717, 1.165) is 18.2 Å². The molecule has 0 radical (unpaired) electrons. The SMILES string of the molecule is Cl.O=S(=O)(O)c1cccc(S(=O)(=O)O)c1.[KH].[KH]. The van der Waals surface area contributed by atoms with Crippen LogP contribution in [0.1, 0.15) is 0 Å². The van der Waals surface area contributed by atoms with E-state index in [9.17, 15) is 16.8 Å². The minimum absolute atomic E-state index is 0. The van der Waals surface area contributed by atoms with Gasteiger partial charge in [0.2, 0.25) is 0 Å². The summed E-state index contributed by atoms with van der Waals surface area (Å²) < 4.78 is 59.5. The molecule has 2 N–H and O–H groups in total. The van der Waals surface area contributed by atoms with Crippen molar-refractivity contribution in [1.29, 1.82) is 0 Å². The molecule has 0 fully saturated rings. The Morgan fingerprint density at radius 3 is 1.35 bits per heavy atom. The molecule has 0 amide bonds. The molecule has 0 bridgehead atoms. The quantitative estimate of drug-likeness (QED) is 0.537. The number of hydrogen-bond acceptors (Lipinski definition) is 4. The Morgan fingerprint density at radius 1 is 0.824 bits per heavy atom. The summed E-state index contributed by atoms with van der Waals surface area (Å²) in [6.07, 6.45) is 0. The maximum atomic E-state index is 10.6. The summed E-state index contributed by atoms with van der Waals surface area (Å²) >= 11 is 0. The van der Waals surface area contributed by atoms with Crippen molar-refractivity contribution in [3.63, 3.8) is 0 Å². The number of halogens is 1. The van der Waals surface area contributed by atoms with Crippen molar-refractivity contribution in [1.82, 2.24) is 0 Å². The van der Waals surface area contributed by atoms with E-state index in [1.54, 1.807) is 0 Å². The van der Waals surface area contributed by atoms with Gasteiger partial charge < -0.3 is 0 Å². The Hall–Kier alpha value is 2.60. The van der Waals surface area contributed by atoms with E-state index in [1.807, 2.05) is 0 Å². The summed E-state index contributed by atoms with van der Waals surface area (Å²) in [5.41, 5.74) is 0. The van der Waals surface area contributed by atoms with Gasteiger partial charge in [-0.05, 0) is 18.2 Å². The molecule has 0 atom stereocenters. The Morgan fingerprint density at radius 2 is 1.12 bits per heavy atom. The van der Waals surface area contributed by atoms with E-state index >= 15 is 0 Å². The fourth-order valence-corrected chi connectivity index (χ4v) is 1.92. The third-order valence-electron chi connectivity index (χ3n) is 1.40. The Labute approximate surface area is 191 Å². The predicted molar refractivity (Wildman–Crippen MR) is 67.6 cm³/mol. The zero-order valence-corrected chi connectivity index (χ0v) is 9.51. The number of hydrogen-bond donors (Lipinski definition) is 2. The summed E-state index contributed by atoms with van der Waals surface area (Å²) in [7, 11) is -8.92. The fraction of sp³-hybridized carbons (Fsp3) is 0. The van der Waals surface area contributed by atoms with Gasteiger partial charge in [0.25, 0.3) is 20.2 Å². The van der Waals surface area contributed by atoms with E-state index in [4.69, 9.17) is 9.11 Å². The second kappa shape index (κ2) is 9.52. The van der Waals surface area contributed by atoms with Gasteiger partial charge in [-0.25, -0.2) is 0 Å². The van der Waals surface area contributed by atoms with Gasteiger partial charge in [-0.2, -0.15) is 16.8 Å². The molecule has 0 saturated carbocycles. The topological polar surface area (TPSA) is 109 Å². The summed E-state index contributed by atoms with van der Waals surface area (Å²) in [6, 6.07) is 3.75. The van der Waals surface area contributed by atoms with Gasteiger partial charge in [-0.3, -0.25) is 9.11 Å². The van der Waals surface area contributed by atoms with Gasteiger partial charge in [0.15, 0.2) is 0 Å². The molecule has 1 aromatic rings. The first-order valence-corrected chi connectivity index (χ1v) is 6.14. The average Bonchev–Trinajstić information content (AvgIpc) is 2.01. The molecule has 0 aromatic heterocycles. The van der Waals surface area contributed by atoms with E-state index < -0.39 is 30.0 Å². The van der Waals surface area contributed by atoms with Crippen LogP contribution in [0.5, 0.6) is 0 Å². The zero-order chi connectivity index (χ0) is 11.0. The molecule has 90 valence electrons. The van der Waals surface area contributed by atoms with Crippen LogP contribution in [0.25, 0.3) is 0 Å². The Bertz CT molecular complexity index is 508. The van der Waals surface area contributed by atoms with E-state index in [2.05, 4.69) is 0 Å². The van der Waals surface area contributed by atoms with Crippen molar-refractivity contribution in [2.45, 2.75) is 9.79 Å². The van der Waals surface area contributed by atoms with Crippen molar-refractivity contribution in [3.8, 4) is 0 Å². The third-order valence-corrected chi connectivity index (χ3v) is 3.10. The molecule has 0 unspecified atom stereocenters. The predicted octanol–water partition coefficient (Wildman–Crippen LogP) is -0.695. The molecule has 0 aliphatic heterocycles. The zero-order valence-electron chi connectivity index (χ0n) is 7.06. The molecule has 1 rings (SSSR count). The van der Waals surface area contributed by atoms with Crippen LogP contribution in [0, 0.1) is 0 Å². The van der Waals surface area contributed by atoms with Crippen LogP contribution >= 0.6 is 12.4 Å². The van der Waals surface area contributed by atoms with Crippen molar-refractivity contribution in [2.24, 2.45) is 0 Å². The molecule has 6 nitrogen and oxygen atoms in total. The molecule has 17 heavy (non-hydrogen) atoms. The van der Waals surface area contributed by atoms with Gasteiger partial charge in [0, 0.05) is 0 Å². The van der Waals surface area contributed by atoms with E-state index in [-0.39, 0.29) is 115 Å². The fourth-order valence-electron chi connectivity index (χ4n) is 0.795. The van der Waals surface area contributed by atoms with Crippen molar-refractivity contribution >= 4 is 135 Å². The van der Waals surface area contributed by atoms with Crippen LogP contribution in [-0.4, -0.2) is 129 Å². The van der Waals surface area contributed by atoms with Crippen molar-refractivity contribution in [3.05, 3.63) is 24.3 Å². The molecule has 0 heterocycles. The maximum absolute atomic E-state index is 10.6. The molecular weight excluding hydrogens is 346 g/mol. The number of rotatable bonds is 2. The first kappa shape index (κ1) is 24.6. The van der Waals surface area contributed by atoms with Gasteiger partial charge >= 0.3 is 103 Å². The molecule has 0 spiro atoms. The van der Waals surface area contributed by atoms with Gasteiger partial charge in [-0.1, -0.05) is 6.07 Å². The molecule has 0 aliphatic rings. The van der Waals surface area contributed by atoms with Crippen LogP contribution in [0.3, 0.4) is 0 Å². The Kier molecular flexibility index (Phi) is 13.8. The van der Waals surface area contributed by atoms with Gasteiger partial charge in [0.1, 0.15) is 0 Å². The molecule has 1 aromatic carbocycles. The second-order valence-electron chi connectivity index (χ2n) is 2.42. The van der Waals surface area contributed by atoms with Crippen LogP contribution in [0.2, 0.25) is 0 Å². The average molecular weight is 355 g/mol. The van der Waals surface area contributed by atoms with Crippen molar-refractivity contribution in [2.75, 3.05) is 0 Å². The molecular formula is C6H9ClK2O6S2. The summed E-state index contributed by atoms with van der Waals surface area (Å²) in [5, 5.41) is 0. The van der Waals surface area contributed by atoms with E-state index in [0.29, 0.717) is 6.07 Å². The Balaban J connectivity index is -0.000000653. The van der Waals surface area contributed by atoms with Crippen LogP contribution in [0.4, 0.5) is 0 Å². The third kappa shape index (κ3) is 8.47. The van der Waals surface area contributed by atoms with Crippen LogP contribution in [0.15, 0.2) is 34.1 Å². The normalized spacial score (nSPS) is 10.5. The summed E-state index contributed by atoms with van der Waals surface area (Å²) in [6.45, 7) is 0.